The highest BCUT2D eigenvalue weighted by molar-refractivity contribution is 14.1. The minimum Gasteiger partial charge on any atom is -0.352 e. The zero-order chi connectivity index (χ0) is 13.8. The van der Waals surface area contributed by atoms with Gasteiger partial charge in [-0.25, -0.2) is 0 Å². The minimum atomic E-state index is 0.0457. The van der Waals surface area contributed by atoms with Crippen LogP contribution < -0.4 is 5.32 Å². The summed E-state index contributed by atoms with van der Waals surface area (Å²) >= 11 is 5.62. The Labute approximate surface area is 137 Å². The lowest BCUT2D eigenvalue weighted by Crippen LogP contribution is -2.31. The summed E-state index contributed by atoms with van der Waals surface area (Å²) in [5.41, 5.74) is 0.763. The van der Waals surface area contributed by atoms with E-state index in [2.05, 4.69) is 50.8 Å². The molecule has 0 aliphatic heterocycles. The maximum Gasteiger partial charge on any atom is 0.252 e. The molecule has 2 nitrogen and oxygen atoms in total. The average Bonchev–Trinajstić information content (AvgIpc) is 2.40. The van der Waals surface area contributed by atoms with Gasteiger partial charge in [-0.05, 0) is 65.5 Å². The number of carbonyl (C=O) groups is 1. The molecule has 1 aliphatic carbocycles. The zero-order valence-corrected chi connectivity index (χ0v) is 14.8. The van der Waals surface area contributed by atoms with Gasteiger partial charge in [0.15, 0.2) is 0 Å². The zero-order valence-electron chi connectivity index (χ0n) is 11.1. The Hall–Kier alpha value is -0.100. The van der Waals surface area contributed by atoms with Crippen molar-refractivity contribution in [2.24, 2.45) is 11.8 Å². The van der Waals surface area contributed by atoms with Crippen LogP contribution in [0.4, 0.5) is 0 Å². The Bertz CT molecular complexity index is 455. The summed E-state index contributed by atoms with van der Waals surface area (Å²) in [6.07, 6.45) is 5.10. The van der Waals surface area contributed by atoms with E-state index in [0.717, 1.165) is 26.1 Å². The van der Waals surface area contributed by atoms with Gasteiger partial charge in [0.05, 0.1) is 5.56 Å². The van der Waals surface area contributed by atoms with E-state index in [4.69, 9.17) is 0 Å². The molecule has 1 N–H and O–H groups in total. The van der Waals surface area contributed by atoms with Crippen LogP contribution in [0.3, 0.4) is 0 Å². The van der Waals surface area contributed by atoms with Crippen LogP contribution in [0.5, 0.6) is 0 Å². The average molecular weight is 436 g/mol. The highest BCUT2D eigenvalue weighted by Crippen LogP contribution is 2.27. The molecule has 2 rings (SSSR count). The van der Waals surface area contributed by atoms with Crippen LogP contribution >= 0.6 is 38.5 Å². The molecule has 0 radical (unpaired) electrons. The first-order valence-electron chi connectivity index (χ1n) is 6.79. The van der Waals surface area contributed by atoms with Crippen molar-refractivity contribution in [1.82, 2.24) is 5.32 Å². The van der Waals surface area contributed by atoms with Crippen molar-refractivity contribution in [2.45, 2.75) is 32.6 Å². The highest BCUT2D eigenvalue weighted by atomic mass is 127. The molecule has 1 fully saturated rings. The Balaban J connectivity index is 1.89. The lowest BCUT2D eigenvalue weighted by molar-refractivity contribution is 0.0941. The molecular formula is C15H19BrINO. The number of amides is 1. The molecule has 1 aliphatic rings. The van der Waals surface area contributed by atoms with Crippen LogP contribution in [0.15, 0.2) is 22.7 Å². The first-order chi connectivity index (χ1) is 9.06. The predicted molar refractivity (Wildman–Crippen MR) is 90.3 cm³/mol. The van der Waals surface area contributed by atoms with Crippen molar-refractivity contribution in [3.8, 4) is 0 Å². The van der Waals surface area contributed by atoms with Gasteiger partial charge in [-0.1, -0.05) is 35.7 Å². The van der Waals surface area contributed by atoms with E-state index in [1.54, 1.807) is 0 Å². The van der Waals surface area contributed by atoms with Crippen molar-refractivity contribution in [3.63, 3.8) is 0 Å². The summed E-state index contributed by atoms with van der Waals surface area (Å²) in [4.78, 5) is 12.2. The van der Waals surface area contributed by atoms with Gasteiger partial charge >= 0.3 is 0 Å². The van der Waals surface area contributed by atoms with E-state index in [1.807, 2.05) is 18.2 Å². The summed E-state index contributed by atoms with van der Waals surface area (Å²) in [6.45, 7) is 3.13. The van der Waals surface area contributed by atoms with Gasteiger partial charge in [0.2, 0.25) is 0 Å². The SMILES string of the molecule is CC1CCC(CNC(=O)c2cc(Br)ccc2I)CC1. The van der Waals surface area contributed by atoms with Gasteiger partial charge in [0.25, 0.3) is 5.91 Å². The van der Waals surface area contributed by atoms with E-state index in [1.165, 1.54) is 25.7 Å². The van der Waals surface area contributed by atoms with Gasteiger partial charge in [0.1, 0.15) is 0 Å². The molecule has 0 aromatic heterocycles. The van der Waals surface area contributed by atoms with E-state index in [0.29, 0.717) is 5.92 Å². The third-order valence-corrected chi connectivity index (χ3v) is 5.29. The molecule has 0 heterocycles. The lowest BCUT2D eigenvalue weighted by atomic mass is 9.83. The van der Waals surface area contributed by atoms with Gasteiger partial charge in [-0.3, -0.25) is 4.79 Å². The number of halogens is 2. The van der Waals surface area contributed by atoms with Crippen molar-refractivity contribution in [2.75, 3.05) is 6.54 Å². The molecule has 4 heteroatoms. The molecule has 1 aromatic carbocycles. The van der Waals surface area contributed by atoms with Crippen LogP contribution in [-0.4, -0.2) is 12.5 Å². The third kappa shape index (κ3) is 4.45. The molecule has 104 valence electrons. The Morgan fingerprint density at radius 2 is 2.05 bits per heavy atom. The van der Waals surface area contributed by atoms with E-state index >= 15 is 0 Å². The van der Waals surface area contributed by atoms with E-state index in [-0.39, 0.29) is 5.91 Å². The summed E-state index contributed by atoms with van der Waals surface area (Å²) in [6, 6.07) is 5.81. The summed E-state index contributed by atoms with van der Waals surface area (Å²) in [5, 5.41) is 3.09. The van der Waals surface area contributed by atoms with Gasteiger partial charge in [-0.2, -0.15) is 0 Å². The fourth-order valence-corrected chi connectivity index (χ4v) is 3.48. The largest absolute Gasteiger partial charge is 0.352 e. The van der Waals surface area contributed by atoms with Crippen LogP contribution in [0.25, 0.3) is 0 Å². The highest BCUT2D eigenvalue weighted by Gasteiger charge is 2.19. The fourth-order valence-electron chi connectivity index (χ4n) is 2.54. The minimum absolute atomic E-state index is 0.0457. The first kappa shape index (κ1) is 15.3. The smallest absolute Gasteiger partial charge is 0.252 e. The van der Waals surface area contributed by atoms with Crippen LogP contribution in [-0.2, 0) is 0 Å². The predicted octanol–water partition coefficient (Wildman–Crippen LogP) is 4.61. The summed E-state index contributed by atoms with van der Waals surface area (Å²) < 4.78 is 1.94. The number of hydrogen-bond acceptors (Lipinski definition) is 1. The molecule has 0 saturated heterocycles. The number of hydrogen-bond donors (Lipinski definition) is 1. The Morgan fingerprint density at radius 3 is 2.74 bits per heavy atom. The topological polar surface area (TPSA) is 29.1 Å². The standard InChI is InChI=1S/C15H19BrINO/c1-10-2-4-11(5-3-10)9-18-15(19)13-8-12(16)6-7-14(13)17/h6-8,10-11H,2-5,9H2,1H3,(H,18,19). The molecule has 0 bridgehead atoms. The number of carbonyl (C=O) groups excluding carboxylic acids is 1. The van der Waals surface area contributed by atoms with Crippen molar-refractivity contribution in [1.29, 1.82) is 0 Å². The van der Waals surface area contributed by atoms with E-state index < -0.39 is 0 Å². The van der Waals surface area contributed by atoms with Crippen LogP contribution in [0.2, 0.25) is 0 Å². The Morgan fingerprint density at radius 1 is 1.37 bits per heavy atom. The van der Waals surface area contributed by atoms with Gasteiger partial charge < -0.3 is 5.32 Å². The number of benzene rings is 1. The van der Waals surface area contributed by atoms with Gasteiger partial charge in [0, 0.05) is 14.6 Å². The van der Waals surface area contributed by atoms with Crippen LogP contribution in [0.1, 0.15) is 43.0 Å². The first-order valence-corrected chi connectivity index (χ1v) is 8.66. The maximum absolute atomic E-state index is 12.2. The second-order valence-electron chi connectivity index (χ2n) is 5.46. The number of rotatable bonds is 3. The molecule has 0 unspecified atom stereocenters. The third-order valence-electron chi connectivity index (χ3n) is 3.86. The van der Waals surface area contributed by atoms with Gasteiger partial charge in [-0.15, -0.1) is 0 Å². The van der Waals surface area contributed by atoms with Crippen molar-refractivity contribution in [3.05, 3.63) is 31.8 Å². The molecule has 19 heavy (non-hydrogen) atoms. The molecule has 0 spiro atoms. The summed E-state index contributed by atoms with van der Waals surface area (Å²) in [5.74, 6) is 1.56. The fraction of sp³-hybridized carbons (Fsp3) is 0.533. The molecule has 0 atom stereocenters. The van der Waals surface area contributed by atoms with Crippen molar-refractivity contribution < 1.29 is 4.79 Å². The number of nitrogens with one attached hydrogen (secondary N) is 1. The molecule has 1 saturated carbocycles. The molecule has 1 aromatic rings. The quantitative estimate of drug-likeness (QED) is 0.690. The summed E-state index contributed by atoms with van der Waals surface area (Å²) in [7, 11) is 0. The maximum atomic E-state index is 12.2. The van der Waals surface area contributed by atoms with Crippen molar-refractivity contribution >= 4 is 44.4 Å². The second kappa shape index (κ2) is 7.07. The normalized spacial score (nSPS) is 23.1. The molecular weight excluding hydrogens is 417 g/mol. The molecule has 1 amide bonds. The van der Waals surface area contributed by atoms with E-state index in [9.17, 15) is 4.79 Å². The van der Waals surface area contributed by atoms with Crippen LogP contribution in [0, 0.1) is 15.4 Å². The second-order valence-corrected chi connectivity index (χ2v) is 7.54. The monoisotopic (exact) mass is 435 g/mol. The lowest BCUT2D eigenvalue weighted by Gasteiger charge is -2.26. The Kier molecular flexibility index (Phi) is 5.69.